The predicted molar refractivity (Wildman–Crippen MR) is 114 cm³/mol. The van der Waals surface area contributed by atoms with Crippen molar-refractivity contribution in [2.45, 2.75) is 19.9 Å². The van der Waals surface area contributed by atoms with Crippen molar-refractivity contribution in [3.8, 4) is 0 Å². The Morgan fingerprint density at radius 1 is 1.00 bits per heavy atom. The van der Waals surface area contributed by atoms with Gasteiger partial charge in [-0.25, -0.2) is 0 Å². The molecule has 1 unspecified atom stereocenters. The maximum absolute atomic E-state index is 13.1. The second kappa shape index (κ2) is 10.5. The van der Waals surface area contributed by atoms with E-state index in [-0.39, 0.29) is 18.4 Å². The molecular formula is C21H26Cl2N3O2+. The van der Waals surface area contributed by atoms with Crippen LogP contribution in [0, 0.1) is 0 Å². The molecule has 0 aliphatic heterocycles. The van der Waals surface area contributed by atoms with E-state index >= 15 is 0 Å². The van der Waals surface area contributed by atoms with Crippen molar-refractivity contribution in [2.24, 2.45) is 0 Å². The third-order valence-electron chi connectivity index (χ3n) is 4.61. The molecule has 0 radical (unpaired) electrons. The fourth-order valence-electron chi connectivity index (χ4n) is 3.16. The maximum Gasteiger partial charge on any atom is 0.285 e. The maximum atomic E-state index is 13.1. The number of rotatable bonds is 8. The average Bonchev–Trinajstić information content (AvgIpc) is 2.67. The van der Waals surface area contributed by atoms with Gasteiger partial charge in [-0.15, -0.1) is 0 Å². The predicted octanol–water partition coefficient (Wildman–Crippen LogP) is 3.06. The molecule has 0 spiro atoms. The number of carbonyl (C=O) groups is 2. The Balaban J connectivity index is 2.21. The highest BCUT2D eigenvalue weighted by molar-refractivity contribution is 6.39. The van der Waals surface area contributed by atoms with Gasteiger partial charge in [-0.2, -0.15) is 0 Å². The quantitative estimate of drug-likeness (QED) is 0.686. The number of halogens is 2. The van der Waals surface area contributed by atoms with Crippen molar-refractivity contribution in [3.05, 3.63) is 64.1 Å². The molecule has 0 saturated heterocycles. The lowest BCUT2D eigenvalue weighted by molar-refractivity contribution is -0.894. The molecule has 2 N–H and O–H groups in total. The SMILES string of the molecule is CCN(CC)C(=O)[C@H](c1ccccc1)[NH+](C)CC(=O)Nc1c(Cl)cccc1Cl. The Morgan fingerprint density at radius 2 is 1.57 bits per heavy atom. The molecule has 150 valence electrons. The molecule has 0 bridgehead atoms. The van der Waals surface area contributed by atoms with E-state index in [1.165, 1.54) is 0 Å². The van der Waals surface area contributed by atoms with Gasteiger partial charge in [0.1, 0.15) is 0 Å². The van der Waals surface area contributed by atoms with E-state index in [0.29, 0.717) is 28.8 Å². The van der Waals surface area contributed by atoms with Crippen LogP contribution in [-0.4, -0.2) is 43.4 Å². The fourth-order valence-corrected chi connectivity index (χ4v) is 3.65. The molecule has 2 amide bonds. The number of hydrogen-bond donors (Lipinski definition) is 2. The standard InChI is InChI=1S/C21H25Cl2N3O2/c1-4-26(5-2)21(28)20(15-10-7-6-8-11-15)25(3)14-18(27)24-19-16(22)12-9-13-17(19)23/h6-13,20H,4-5,14H2,1-3H3,(H,24,27)/p+1/t20-/m0/s1. The third-order valence-corrected chi connectivity index (χ3v) is 5.24. The zero-order chi connectivity index (χ0) is 20.7. The molecule has 0 saturated carbocycles. The summed E-state index contributed by atoms with van der Waals surface area (Å²) in [6.45, 7) is 5.23. The van der Waals surface area contributed by atoms with E-state index in [4.69, 9.17) is 23.2 Å². The van der Waals surface area contributed by atoms with Crippen LogP contribution >= 0.6 is 23.2 Å². The first kappa shape index (κ1) is 22.2. The highest BCUT2D eigenvalue weighted by Crippen LogP contribution is 2.29. The molecule has 0 aromatic heterocycles. The molecule has 0 aliphatic rings. The van der Waals surface area contributed by atoms with Crippen LogP contribution in [0.3, 0.4) is 0 Å². The number of likely N-dealkylation sites (N-methyl/N-ethyl adjacent to an activating group) is 2. The summed E-state index contributed by atoms with van der Waals surface area (Å²) in [6, 6.07) is 14.1. The number of anilines is 1. The summed E-state index contributed by atoms with van der Waals surface area (Å²) in [7, 11) is 1.84. The van der Waals surface area contributed by atoms with Crippen molar-refractivity contribution in [3.63, 3.8) is 0 Å². The first-order valence-corrected chi connectivity index (χ1v) is 10.0. The molecule has 0 heterocycles. The van der Waals surface area contributed by atoms with Gasteiger partial charge in [0, 0.05) is 18.7 Å². The molecular weight excluding hydrogens is 397 g/mol. The van der Waals surface area contributed by atoms with Crippen LogP contribution in [0.15, 0.2) is 48.5 Å². The number of nitrogens with zero attached hydrogens (tertiary/aromatic N) is 1. The van der Waals surface area contributed by atoms with Crippen molar-refractivity contribution in [1.82, 2.24) is 4.90 Å². The summed E-state index contributed by atoms with van der Waals surface area (Å²) in [5, 5.41) is 3.51. The lowest BCUT2D eigenvalue weighted by atomic mass is 10.0. The monoisotopic (exact) mass is 422 g/mol. The fraction of sp³-hybridized carbons (Fsp3) is 0.333. The van der Waals surface area contributed by atoms with Gasteiger partial charge >= 0.3 is 0 Å². The van der Waals surface area contributed by atoms with Gasteiger partial charge in [0.2, 0.25) is 0 Å². The smallest absolute Gasteiger partial charge is 0.285 e. The van der Waals surface area contributed by atoms with Gasteiger partial charge < -0.3 is 15.1 Å². The largest absolute Gasteiger partial charge is 0.338 e. The molecule has 5 nitrogen and oxygen atoms in total. The Morgan fingerprint density at radius 3 is 2.11 bits per heavy atom. The third kappa shape index (κ3) is 5.47. The first-order chi connectivity index (χ1) is 13.4. The van der Waals surface area contributed by atoms with Gasteiger partial charge in [-0.1, -0.05) is 59.6 Å². The zero-order valence-electron chi connectivity index (χ0n) is 16.3. The van der Waals surface area contributed by atoms with Gasteiger partial charge in [0.25, 0.3) is 11.8 Å². The summed E-state index contributed by atoms with van der Waals surface area (Å²) in [6.07, 6.45) is 0. The summed E-state index contributed by atoms with van der Waals surface area (Å²) in [4.78, 5) is 28.3. The molecule has 2 aromatic carbocycles. The van der Waals surface area contributed by atoms with E-state index in [9.17, 15) is 9.59 Å². The van der Waals surface area contributed by atoms with E-state index < -0.39 is 6.04 Å². The topological polar surface area (TPSA) is 53.9 Å². The molecule has 0 aliphatic carbocycles. The number of benzene rings is 2. The molecule has 2 aromatic rings. The molecule has 0 fully saturated rings. The van der Waals surface area contributed by atoms with Crippen LogP contribution < -0.4 is 10.2 Å². The number of para-hydroxylation sites is 1. The summed E-state index contributed by atoms with van der Waals surface area (Å²) in [5.41, 5.74) is 1.26. The van der Waals surface area contributed by atoms with Gasteiger partial charge in [-0.05, 0) is 26.0 Å². The summed E-state index contributed by atoms with van der Waals surface area (Å²) < 4.78 is 0. The molecule has 28 heavy (non-hydrogen) atoms. The normalized spacial score (nSPS) is 12.9. The minimum atomic E-state index is -0.478. The number of hydrogen-bond acceptors (Lipinski definition) is 2. The van der Waals surface area contributed by atoms with Crippen molar-refractivity contribution in [1.29, 1.82) is 0 Å². The van der Waals surface area contributed by atoms with Crippen LogP contribution in [0.4, 0.5) is 5.69 Å². The van der Waals surface area contributed by atoms with Crippen LogP contribution in [0.2, 0.25) is 10.0 Å². The molecule has 2 rings (SSSR count). The highest BCUT2D eigenvalue weighted by Gasteiger charge is 2.33. The Hall–Kier alpha value is -2.08. The number of quaternary nitrogens is 1. The lowest BCUT2D eigenvalue weighted by Crippen LogP contribution is -3.11. The van der Waals surface area contributed by atoms with E-state index in [1.54, 1.807) is 23.1 Å². The van der Waals surface area contributed by atoms with Crippen LogP contribution in [0.1, 0.15) is 25.5 Å². The van der Waals surface area contributed by atoms with Gasteiger partial charge in [0.05, 0.1) is 22.8 Å². The number of amides is 2. The van der Waals surface area contributed by atoms with E-state index in [0.717, 1.165) is 10.5 Å². The average molecular weight is 423 g/mol. The Bertz CT molecular complexity index is 790. The van der Waals surface area contributed by atoms with Crippen molar-refractivity contribution >= 4 is 40.7 Å². The molecule has 2 atom stereocenters. The lowest BCUT2D eigenvalue weighted by Gasteiger charge is -2.29. The van der Waals surface area contributed by atoms with Crippen molar-refractivity contribution in [2.75, 3.05) is 32.0 Å². The van der Waals surface area contributed by atoms with Crippen LogP contribution in [-0.2, 0) is 9.59 Å². The second-order valence-electron chi connectivity index (χ2n) is 6.52. The number of nitrogens with one attached hydrogen (secondary N) is 2. The summed E-state index contributed by atoms with van der Waals surface area (Å²) in [5.74, 6) is -0.266. The Labute approximate surface area is 176 Å². The van der Waals surface area contributed by atoms with Crippen LogP contribution in [0.25, 0.3) is 0 Å². The van der Waals surface area contributed by atoms with Crippen LogP contribution in [0.5, 0.6) is 0 Å². The minimum Gasteiger partial charge on any atom is -0.338 e. The zero-order valence-corrected chi connectivity index (χ0v) is 17.8. The highest BCUT2D eigenvalue weighted by atomic mass is 35.5. The van der Waals surface area contributed by atoms with E-state index in [2.05, 4.69) is 5.32 Å². The van der Waals surface area contributed by atoms with Gasteiger partial charge in [-0.3, -0.25) is 9.59 Å². The van der Waals surface area contributed by atoms with E-state index in [1.807, 2.05) is 51.2 Å². The minimum absolute atomic E-state index is 0.00252. The van der Waals surface area contributed by atoms with Gasteiger partial charge in [0.15, 0.2) is 12.6 Å². The number of carbonyl (C=O) groups excluding carboxylic acids is 2. The summed E-state index contributed by atoms with van der Waals surface area (Å²) >= 11 is 12.3. The first-order valence-electron chi connectivity index (χ1n) is 9.28. The Kier molecular flexibility index (Phi) is 8.30. The molecule has 7 heteroatoms. The van der Waals surface area contributed by atoms with Crippen molar-refractivity contribution < 1.29 is 14.5 Å². The second-order valence-corrected chi connectivity index (χ2v) is 7.34.